The monoisotopic (exact) mass is 413 g/mol. The van der Waals surface area contributed by atoms with Gasteiger partial charge in [0.2, 0.25) is 11.7 Å². The number of aryl methyl sites for hydroxylation is 1. The van der Waals surface area contributed by atoms with Crippen molar-refractivity contribution in [3.05, 3.63) is 52.5 Å². The minimum atomic E-state index is -0.906. The maximum atomic E-state index is 12.2. The number of nitrogens with zero attached hydrogens (tertiary/aromatic N) is 2. The molecule has 0 aliphatic carbocycles. The molecular weight excluding hydrogens is 390 g/mol. The van der Waals surface area contributed by atoms with Crippen LogP contribution in [0.25, 0.3) is 11.4 Å². The maximum absolute atomic E-state index is 12.2. The molecule has 1 N–H and O–H groups in total. The molecule has 1 amide bonds. The van der Waals surface area contributed by atoms with Gasteiger partial charge < -0.3 is 14.6 Å². The molecule has 152 valence electrons. The SMILES string of the molecule is CC(C)c1ccc(NC(=O)[C@@H](C)OC(=O)CCc2nc(-c3ccsc3)no2)cc1. The summed E-state index contributed by atoms with van der Waals surface area (Å²) in [4.78, 5) is 28.6. The molecule has 0 radical (unpaired) electrons. The van der Waals surface area contributed by atoms with Crippen LogP contribution < -0.4 is 5.32 Å². The number of aromatic nitrogens is 2. The number of benzene rings is 1. The van der Waals surface area contributed by atoms with E-state index in [1.54, 1.807) is 11.3 Å². The molecule has 7 nitrogen and oxygen atoms in total. The van der Waals surface area contributed by atoms with Gasteiger partial charge in [-0.2, -0.15) is 16.3 Å². The first kappa shape index (κ1) is 20.7. The average molecular weight is 413 g/mol. The molecule has 0 unspecified atom stereocenters. The van der Waals surface area contributed by atoms with Crippen molar-refractivity contribution in [2.24, 2.45) is 0 Å². The Hall–Kier alpha value is -3.00. The van der Waals surface area contributed by atoms with Crippen LogP contribution in [0.2, 0.25) is 0 Å². The summed E-state index contributed by atoms with van der Waals surface area (Å²) in [5.74, 6) is 0.377. The van der Waals surface area contributed by atoms with Crippen molar-refractivity contribution in [1.82, 2.24) is 10.1 Å². The first-order chi connectivity index (χ1) is 13.9. The van der Waals surface area contributed by atoms with Crippen molar-refractivity contribution >= 4 is 28.9 Å². The Balaban J connectivity index is 1.45. The van der Waals surface area contributed by atoms with E-state index in [2.05, 4.69) is 29.3 Å². The van der Waals surface area contributed by atoms with Crippen LogP contribution in [0.4, 0.5) is 5.69 Å². The molecule has 0 aliphatic heterocycles. The van der Waals surface area contributed by atoms with Crippen LogP contribution in [0.3, 0.4) is 0 Å². The number of carbonyl (C=O) groups excluding carboxylic acids is 2. The fraction of sp³-hybridized carbons (Fsp3) is 0.333. The molecule has 2 aromatic heterocycles. The van der Waals surface area contributed by atoms with Crippen LogP contribution in [-0.2, 0) is 20.7 Å². The highest BCUT2D eigenvalue weighted by Crippen LogP contribution is 2.19. The van der Waals surface area contributed by atoms with Gasteiger partial charge in [-0.05, 0) is 42.0 Å². The molecule has 0 saturated heterocycles. The smallest absolute Gasteiger partial charge is 0.307 e. The molecule has 8 heteroatoms. The summed E-state index contributed by atoms with van der Waals surface area (Å²) in [6, 6.07) is 9.49. The summed E-state index contributed by atoms with van der Waals surface area (Å²) in [5.41, 5.74) is 2.72. The second kappa shape index (κ2) is 9.47. The van der Waals surface area contributed by atoms with Crippen molar-refractivity contribution in [1.29, 1.82) is 0 Å². The number of esters is 1. The average Bonchev–Trinajstić information content (AvgIpc) is 3.38. The van der Waals surface area contributed by atoms with Crippen LogP contribution in [0.5, 0.6) is 0 Å². The first-order valence-electron chi connectivity index (χ1n) is 9.38. The van der Waals surface area contributed by atoms with Crippen LogP contribution >= 0.6 is 11.3 Å². The fourth-order valence-corrected chi connectivity index (χ4v) is 3.21. The van der Waals surface area contributed by atoms with E-state index in [0.29, 0.717) is 23.3 Å². The van der Waals surface area contributed by atoms with Gasteiger partial charge in [0.1, 0.15) is 0 Å². The predicted molar refractivity (Wildman–Crippen MR) is 111 cm³/mol. The molecule has 3 rings (SSSR count). The number of hydrogen-bond acceptors (Lipinski definition) is 7. The Morgan fingerprint density at radius 1 is 1.17 bits per heavy atom. The van der Waals surface area contributed by atoms with Crippen LogP contribution in [0, 0.1) is 0 Å². The first-order valence-corrected chi connectivity index (χ1v) is 10.3. The topological polar surface area (TPSA) is 94.3 Å². The third-order valence-electron chi connectivity index (χ3n) is 4.31. The summed E-state index contributed by atoms with van der Waals surface area (Å²) in [6.07, 6.45) is -0.608. The summed E-state index contributed by atoms with van der Waals surface area (Å²) < 4.78 is 10.4. The van der Waals surface area contributed by atoms with Gasteiger partial charge in [0.15, 0.2) is 6.10 Å². The highest BCUT2D eigenvalue weighted by molar-refractivity contribution is 7.08. The minimum absolute atomic E-state index is 0.0476. The summed E-state index contributed by atoms with van der Waals surface area (Å²) in [6.45, 7) is 5.75. The fourth-order valence-electron chi connectivity index (χ4n) is 2.58. The van der Waals surface area contributed by atoms with Gasteiger partial charge in [-0.1, -0.05) is 31.1 Å². The van der Waals surface area contributed by atoms with E-state index in [4.69, 9.17) is 9.26 Å². The minimum Gasteiger partial charge on any atom is -0.453 e. The third-order valence-corrected chi connectivity index (χ3v) is 5.00. The molecule has 0 aliphatic rings. The van der Waals surface area contributed by atoms with Crippen LogP contribution in [0.15, 0.2) is 45.6 Å². The molecule has 0 bridgehead atoms. The van der Waals surface area contributed by atoms with Gasteiger partial charge in [0.25, 0.3) is 5.91 Å². The lowest BCUT2D eigenvalue weighted by Crippen LogP contribution is -2.30. The van der Waals surface area contributed by atoms with Gasteiger partial charge in [-0.25, -0.2) is 0 Å². The van der Waals surface area contributed by atoms with Crippen molar-refractivity contribution in [2.75, 3.05) is 5.32 Å². The van der Waals surface area contributed by atoms with E-state index in [1.165, 1.54) is 12.5 Å². The maximum Gasteiger partial charge on any atom is 0.307 e. The highest BCUT2D eigenvalue weighted by atomic mass is 32.1. The molecule has 2 heterocycles. The van der Waals surface area contributed by atoms with Crippen molar-refractivity contribution in [3.63, 3.8) is 0 Å². The van der Waals surface area contributed by atoms with E-state index >= 15 is 0 Å². The van der Waals surface area contributed by atoms with Crippen molar-refractivity contribution in [2.45, 2.75) is 45.6 Å². The van der Waals surface area contributed by atoms with E-state index in [1.807, 2.05) is 41.1 Å². The van der Waals surface area contributed by atoms with Gasteiger partial charge in [0, 0.05) is 23.1 Å². The number of rotatable bonds is 8. The molecule has 0 saturated carbocycles. The largest absolute Gasteiger partial charge is 0.453 e. The number of carbonyl (C=O) groups is 2. The highest BCUT2D eigenvalue weighted by Gasteiger charge is 2.19. The molecule has 1 atom stereocenters. The number of anilines is 1. The number of amides is 1. The Morgan fingerprint density at radius 3 is 2.59 bits per heavy atom. The predicted octanol–water partition coefficient (Wildman–Crippen LogP) is 4.42. The van der Waals surface area contributed by atoms with E-state index < -0.39 is 12.1 Å². The lowest BCUT2D eigenvalue weighted by Gasteiger charge is -2.14. The quantitative estimate of drug-likeness (QED) is 0.549. The van der Waals surface area contributed by atoms with E-state index in [9.17, 15) is 9.59 Å². The summed E-state index contributed by atoms with van der Waals surface area (Å²) >= 11 is 1.54. The normalized spacial score (nSPS) is 12.0. The van der Waals surface area contributed by atoms with Crippen LogP contribution in [-0.4, -0.2) is 28.1 Å². The molecule has 0 spiro atoms. The summed E-state index contributed by atoms with van der Waals surface area (Å²) in [7, 11) is 0. The van der Waals surface area contributed by atoms with Gasteiger partial charge >= 0.3 is 5.97 Å². The molecular formula is C21H23N3O4S. The number of thiophene rings is 1. The van der Waals surface area contributed by atoms with Gasteiger partial charge in [0.05, 0.1) is 6.42 Å². The number of ether oxygens (including phenoxy) is 1. The van der Waals surface area contributed by atoms with Gasteiger partial charge in [-0.3, -0.25) is 9.59 Å². The zero-order chi connectivity index (χ0) is 20.8. The Morgan fingerprint density at radius 2 is 1.93 bits per heavy atom. The lowest BCUT2D eigenvalue weighted by atomic mass is 10.0. The standard InChI is InChI=1S/C21H23N3O4S/c1-13(2)15-4-6-17(7-5-15)22-21(26)14(3)27-19(25)9-8-18-23-20(24-28-18)16-10-11-29-12-16/h4-7,10-14H,8-9H2,1-3H3,(H,22,26)/t14-/m1/s1. The number of nitrogens with one attached hydrogen (secondary N) is 1. The van der Waals surface area contributed by atoms with Crippen molar-refractivity contribution < 1.29 is 18.8 Å². The zero-order valence-electron chi connectivity index (χ0n) is 16.5. The van der Waals surface area contributed by atoms with Crippen LogP contribution in [0.1, 0.15) is 44.6 Å². The Labute approximate surface area is 173 Å². The van der Waals surface area contributed by atoms with Gasteiger partial charge in [-0.15, -0.1) is 0 Å². The molecule has 29 heavy (non-hydrogen) atoms. The van der Waals surface area contributed by atoms with Crippen molar-refractivity contribution in [3.8, 4) is 11.4 Å². The van der Waals surface area contributed by atoms with E-state index in [-0.39, 0.29) is 18.7 Å². The molecule has 1 aromatic carbocycles. The second-order valence-corrected chi connectivity index (χ2v) is 7.70. The lowest BCUT2D eigenvalue weighted by molar-refractivity contribution is -0.153. The third kappa shape index (κ3) is 5.74. The number of hydrogen-bond donors (Lipinski definition) is 1. The molecule has 0 fully saturated rings. The Bertz CT molecular complexity index is 949. The van der Waals surface area contributed by atoms with E-state index in [0.717, 1.165) is 5.56 Å². The summed E-state index contributed by atoms with van der Waals surface area (Å²) in [5, 5.41) is 10.5. The zero-order valence-corrected chi connectivity index (χ0v) is 17.4. The Kier molecular flexibility index (Phi) is 6.77. The second-order valence-electron chi connectivity index (χ2n) is 6.92. The molecule has 3 aromatic rings.